The van der Waals surface area contributed by atoms with Crippen molar-refractivity contribution in [1.29, 1.82) is 0 Å². The summed E-state index contributed by atoms with van der Waals surface area (Å²) >= 11 is 0. The zero-order valence-corrected chi connectivity index (χ0v) is 30.8. The number of amides is 3. The van der Waals surface area contributed by atoms with E-state index in [0.29, 0.717) is 36.9 Å². The zero-order chi connectivity index (χ0) is 37.6. The summed E-state index contributed by atoms with van der Waals surface area (Å²) in [7, 11) is 0. The van der Waals surface area contributed by atoms with Gasteiger partial charge < -0.3 is 24.5 Å². The number of anilines is 2. The summed E-state index contributed by atoms with van der Waals surface area (Å²) in [5.41, 5.74) is 6.35. The molecule has 5 aliphatic rings. The second-order valence-electron chi connectivity index (χ2n) is 15.7. The fourth-order valence-corrected chi connectivity index (χ4v) is 9.42. The molecule has 11 heteroatoms. The Morgan fingerprint density at radius 2 is 1.56 bits per heavy atom. The van der Waals surface area contributed by atoms with Crippen LogP contribution in [0.5, 0.6) is 11.5 Å². The number of hydrogen-bond donors (Lipinski definition) is 2. The Bertz CT molecular complexity index is 2100. The monoisotopic (exact) mass is 743 g/mol. The van der Waals surface area contributed by atoms with Crippen LogP contribution < -0.4 is 19.9 Å². The average Bonchev–Trinajstić information content (AvgIpc) is 3.52. The molecule has 0 radical (unpaired) electrons. The standard InChI is InChI=1S/C44H46FN5O5/c45-37-24-35-31(26-50(44(35)54)38-12-13-41(52)46-43(38)53)22-39(37)49-20-18-47(19-21-49)25-28-14-16-48(17-15-28)32-8-6-30(7-9-32)42-34-11-10-33(51)23-40(34)55-27-36(42)29-4-2-1-3-5-29/h1-11,22-24,28,36,38,42,51H,12-21,25-27H2,(H,46,52,53)/t36?,38-,42?/m0/s1. The molecule has 3 atom stereocenters. The molecule has 0 spiro atoms. The Hall–Kier alpha value is -5.42. The smallest absolute Gasteiger partial charge is 0.255 e. The Morgan fingerprint density at radius 3 is 2.31 bits per heavy atom. The molecule has 2 unspecified atom stereocenters. The van der Waals surface area contributed by atoms with E-state index in [4.69, 9.17) is 4.74 Å². The number of imide groups is 1. The van der Waals surface area contributed by atoms with E-state index in [9.17, 15) is 19.5 Å². The van der Waals surface area contributed by atoms with E-state index < -0.39 is 17.8 Å². The van der Waals surface area contributed by atoms with Crippen LogP contribution in [0.2, 0.25) is 0 Å². The third-order valence-electron chi connectivity index (χ3n) is 12.4. The number of phenols is 1. The SMILES string of the molecule is O=C1CC[C@H](N2Cc3cc(N4CCN(CC5CCN(c6ccc(C7c8ccc(O)cc8OCC7c7ccccc7)cc6)CC5)CC4)c(F)cc3C2=O)C(=O)N1. The highest BCUT2D eigenvalue weighted by Gasteiger charge is 2.40. The van der Waals surface area contributed by atoms with Gasteiger partial charge in [0.1, 0.15) is 23.4 Å². The van der Waals surface area contributed by atoms with Crippen LogP contribution in [0.4, 0.5) is 15.8 Å². The molecule has 4 aromatic carbocycles. The lowest BCUT2D eigenvalue weighted by atomic mass is 9.76. The van der Waals surface area contributed by atoms with Crippen molar-refractivity contribution in [3.8, 4) is 11.5 Å². The number of carbonyl (C=O) groups is 3. The topological polar surface area (TPSA) is 106 Å². The van der Waals surface area contributed by atoms with E-state index in [1.807, 2.05) is 12.1 Å². The molecule has 3 amide bonds. The van der Waals surface area contributed by atoms with Crippen molar-refractivity contribution in [3.63, 3.8) is 0 Å². The quantitative estimate of drug-likeness (QED) is 0.235. The highest BCUT2D eigenvalue weighted by Crippen LogP contribution is 2.47. The van der Waals surface area contributed by atoms with Crippen LogP contribution in [-0.2, 0) is 16.1 Å². The predicted octanol–water partition coefficient (Wildman–Crippen LogP) is 5.64. The molecule has 55 heavy (non-hydrogen) atoms. The summed E-state index contributed by atoms with van der Waals surface area (Å²) in [4.78, 5) is 45.7. The van der Waals surface area contributed by atoms with Crippen molar-refractivity contribution >= 4 is 29.1 Å². The third kappa shape index (κ3) is 6.90. The number of nitrogens with one attached hydrogen (secondary N) is 1. The van der Waals surface area contributed by atoms with Crippen LogP contribution >= 0.6 is 0 Å². The number of ether oxygens (including phenoxy) is 1. The van der Waals surface area contributed by atoms with E-state index in [1.165, 1.54) is 27.8 Å². The van der Waals surface area contributed by atoms with Crippen molar-refractivity contribution in [1.82, 2.24) is 15.1 Å². The summed E-state index contributed by atoms with van der Waals surface area (Å²) in [6.45, 7) is 6.93. The van der Waals surface area contributed by atoms with Gasteiger partial charge in [-0.3, -0.25) is 24.6 Å². The van der Waals surface area contributed by atoms with E-state index in [0.717, 1.165) is 62.4 Å². The summed E-state index contributed by atoms with van der Waals surface area (Å²) in [5.74, 6) is 0.274. The van der Waals surface area contributed by atoms with Gasteiger partial charge in [0.15, 0.2) is 0 Å². The van der Waals surface area contributed by atoms with Gasteiger partial charge >= 0.3 is 0 Å². The van der Waals surface area contributed by atoms with Gasteiger partial charge in [-0.05, 0) is 72.2 Å². The fourth-order valence-electron chi connectivity index (χ4n) is 9.42. The largest absolute Gasteiger partial charge is 0.508 e. The lowest BCUT2D eigenvalue weighted by Gasteiger charge is -2.40. The third-order valence-corrected chi connectivity index (χ3v) is 12.4. The number of benzene rings is 4. The Labute approximate surface area is 320 Å². The number of carbonyl (C=O) groups excluding carboxylic acids is 3. The van der Waals surface area contributed by atoms with Gasteiger partial charge in [0.2, 0.25) is 11.8 Å². The predicted molar refractivity (Wildman–Crippen MR) is 207 cm³/mol. The molecule has 0 saturated carbocycles. The highest BCUT2D eigenvalue weighted by molar-refractivity contribution is 6.05. The second kappa shape index (κ2) is 14.7. The number of halogens is 1. The maximum atomic E-state index is 15.5. The first-order valence-corrected chi connectivity index (χ1v) is 19.6. The molecule has 0 bridgehead atoms. The van der Waals surface area contributed by atoms with Crippen LogP contribution in [0.1, 0.15) is 70.1 Å². The molecule has 5 heterocycles. The van der Waals surface area contributed by atoms with Gasteiger partial charge in [-0.1, -0.05) is 48.5 Å². The molecular weight excluding hydrogens is 698 g/mol. The number of phenolic OH excluding ortho intramolecular Hbond substituents is 1. The highest BCUT2D eigenvalue weighted by atomic mass is 19.1. The van der Waals surface area contributed by atoms with Crippen molar-refractivity contribution in [2.24, 2.45) is 5.92 Å². The normalized spacial score (nSPS) is 23.3. The van der Waals surface area contributed by atoms with Crippen LogP contribution in [-0.4, -0.2) is 91.1 Å². The van der Waals surface area contributed by atoms with E-state index >= 15 is 4.39 Å². The van der Waals surface area contributed by atoms with Crippen LogP contribution in [0.3, 0.4) is 0 Å². The van der Waals surface area contributed by atoms with Gasteiger partial charge in [0, 0.05) is 93.5 Å². The average molecular weight is 744 g/mol. The molecular formula is C44H46FN5O5. The van der Waals surface area contributed by atoms with Crippen LogP contribution in [0.25, 0.3) is 0 Å². The molecule has 3 saturated heterocycles. The van der Waals surface area contributed by atoms with Crippen molar-refractivity contribution in [3.05, 3.63) is 119 Å². The molecule has 4 aromatic rings. The van der Waals surface area contributed by atoms with Gasteiger partial charge in [-0.25, -0.2) is 4.39 Å². The number of nitrogens with zero attached hydrogens (tertiary/aromatic N) is 4. The number of rotatable bonds is 7. The minimum Gasteiger partial charge on any atom is -0.508 e. The summed E-state index contributed by atoms with van der Waals surface area (Å²) in [6, 6.07) is 27.4. The van der Waals surface area contributed by atoms with Gasteiger partial charge in [0.05, 0.1) is 12.3 Å². The van der Waals surface area contributed by atoms with Crippen LogP contribution in [0, 0.1) is 11.7 Å². The molecule has 10 nitrogen and oxygen atoms in total. The summed E-state index contributed by atoms with van der Waals surface area (Å²) < 4.78 is 21.6. The summed E-state index contributed by atoms with van der Waals surface area (Å²) in [6.07, 6.45) is 2.70. The molecule has 5 aliphatic heterocycles. The molecule has 0 aromatic heterocycles. The van der Waals surface area contributed by atoms with Gasteiger partial charge in [0.25, 0.3) is 5.91 Å². The van der Waals surface area contributed by atoms with Crippen molar-refractivity contribution in [2.75, 3.05) is 62.2 Å². The molecule has 3 fully saturated rings. The van der Waals surface area contributed by atoms with Gasteiger partial charge in [-0.15, -0.1) is 0 Å². The molecule has 0 aliphatic carbocycles. The van der Waals surface area contributed by atoms with Crippen molar-refractivity contribution < 1.29 is 28.6 Å². The number of piperidine rings is 2. The van der Waals surface area contributed by atoms with E-state index in [1.54, 1.807) is 18.2 Å². The minimum absolute atomic E-state index is 0.116. The maximum absolute atomic E-state index is 15.5. The lowest BCUT2D eigenvalue weighted by molar-refractivity contribution is -0.136. The first-order chi connectivity index (χ1) is 26.8. The maximum Gasteiger partial charge on any atom is 0.255 e. The number of aromatic hydroxyl groups is 1. The summed E-state index contributed by atoms with van der Waals surface area (Å²) in [5, 5.41) is 12.5. The first-order valence-electron chi connectivity index (χ1n) is 19.6. The van der Waals surface area contributed by atoms with Crippen molar-refractivity contribution in [2.45, 2.75) is 50.1 Å². The number of hydrogen-bond acceptors (Lipinski definition) is 8. The minimum atomic E-state index is -0.716. The molecule has 9 rings (SSSR count). The first kappa shape index (κ1) is 35.3. The van der Waals surface area contributed by atoms with Gasteiger partial charge in [-0.2, -0.15) is 0 Å². The van der Waals surface area contributed by atoms with E-state index in [-0.39, 0.29) is 48.8 Å². The Balaban J connectivity index is 0.790. The Kier molecular flexibility index (Phi) is 9.41. The fraction of sp³-hybridized carbons (Fsp3) is 0.386. The zero-order valence-electron chi connectivity index (χ0n) is 30.8. The second-order valence-corrected chi connectivity index (χ2v) is 15.7. The molecule has 284 valence electrons. The number of fused-ring (bicyclic) bond motifs is 2. The molecule has 2 N–H and O–H groups in total. The Morgan fingerprint density at radius 1 is 0.800 bits per heavy atom. The number of piperazine rings is 1. The van der Waals surface area contributed by atoms with E-state index in [2.05, 4.69) is 68.5 Å². The van der Waals surface area contributed by atoms with Crippen LogP contribution in [0.15, 0.2) is 84.9 Å². The lowest BCUT2D eigenvalue weighted by Crippen LogP contribution is -2.52.